The summed E-state index contributed by atoms with van der Waals surface area (Å²) in [7, 11) is 1.37. The highest BCUT2D eigenvalue weighted by Crippen LogP contribution is 2.38. The molecule has 1 aromatic rings. The number of benzene rings is 1. The lowest BCUT2D eigenvalue weighted by Crippen LogP contribution is -2.51. The topological polar surface area (TPSA) is 46.6 Å². The Bertz CT molecular complexity index is 472. The molecule has 2 rings (SSSR count). The highest BCUT2D eigenvalue weighted by atomic mass is 16.5. The third kappa shape index (κ3) is 3.18. The molecule has 0 N–H and O–H groups in total. The SMILES string of the molecule is COC(=O)CCCC(=O)N1C[C@@H](C)[C@H]1c1ccccc1. The van der Waals surface area contributed by atoms with Gasteiger partial charge < -0.3 is 9.64 Å². The van der Waals surface area contributed by atoms with E-state index >= 15 is 0 Å². The number of hydrogen-bond acceptors (Lipinski definition) is 3. The highest BCUT2D eigenvalue weighted by Gasteiger charge is 2.39. The minimum atomic E-state index is -0.255. The second kappa shape index (κ2) is 6.55. The van der Waals surface area contributed by atoms with Crippen LogP contribution in [0.3, 0.4) is 0 Å². The molecule has 0 aromatic heterocycles. The molecule has 1 saturated heterocycles. The van der Waals surface area contributed by atoms with Crippen molar-refractivity contribution in [2.24, 2.45) is 5.92 Å². The molecular weight excluding hydrogens is 254 g/mol. The summed E-state index contributed by atoms with van der Waals surface area (Å²) in [5.74, 6) is 0.359. The number of likely N-dealkylation sites (tertiary alicyclic amines) is 1. The summed E-state index contributed by atoms with van der Waals surface area (Å²) in [4.78, 5) is 25.1. The molecule has 108 valence electrons. The van der Waals surface area contributed by atoms with E-state index in [1.807, 2.05) is 23.1 Å². The minimum Gasteiger partial charge on any atom is -0.469 e. The molecule has 1 heterocycles. The summed E-state index contributed by atoms with van der Waals surface area (Å²) in [6.45, 7) is 2.96. The Hall–Kier alpha value is -1.84. The van der Waals surface area contributed by atoms with Crippen LogP contribution in [0.4, 0.5) is 0 Å². The van der Waals surface area contributed by atoms with Crippen LogP contribution in [0.5, 0.6) is 0 Å². The van der Waals surface area contributed by atoms with Gasteiger partial charge in [0.1, 0.15) is 0 Å². The van der Waals surface area contributed by atoms with Crippen molar-refractivity contribution in [3.05, 3.63) is 35.9 Å². The average molecular weight is 275 g/mol. The van der Waals surface area contributed by atoms with Gasteiger partial charge in [-0.1, -0.05) is 37.3 Å². The van der Waals surface area contributed by atoms with Crippen molar-refractivity contribution in [3.8, 4) is 0 Å². The molecule has 0 spiro atoms. The number of ether oxygens (including phenoxy) is 1. The minimum absolute atomic E-state index is 0.126. The van der Waals surface area contributed by atoms with Crippen LogP contribution in [0.2, 0.25) is 0 Å². The van der Waals surface area contributed by atoms with Crippen molar-refractivity contribution < 1.29 is 14.3 Å². The van der Waals surface area contributed by atoms with Crippen LogP contribution in [0, 0.1) is 5.92 Å². The van der Waals surface area contributed by atoms with Crippen LogP contribution in [0.15, 0.2) is 30.3 Å². The van der Waals surface area contributed by atoms with E-state index in [1.165, 1.54) is 12.7 Å². The van der Waals surface area contributed by atoms with Gasteiger partial charge in [0.2, 0.25) is 5.91 Å². The number of carbonyl (C=O) groups is 2. The number of methoxy groups -OCH3 is 1. The molecule has 1 amide bonds. The quantitative estimate of drug-likeness (QED) is 0.776. The number of nitrogens with zero attached hydrogens (tertiary/aromatic N) is 1. The van der Waals surface area contributed by atoms with Gasteiger partial charge in [-0.3, -0.25) is 9.59 Å². The zero-order chi connectivity index (χ0) is 14.5. The average Bonchev–Trinajstić information content (AvgIpc) is 2.45. The maximum Gasteiger partial charge on any atom is 0.305 e. The van der Waals surface area contributed by atoms with E-state index in [9.17, 15) is 9.59 Å². The largest absolute Gasteiger partial charge is 0.469 e. The van der Waals surface area contributed by atoms with Crippen LogP contribution < -0.4 is 0 Å². The number of carbonyl (C=O) groups excluding carboxylic acids is 2. The van der Waals surface area contributed by atoms with E-state index < -0.39 is 0 Å². The lowest BCUT2D eigenvalue weighted by Gasteiger charge is -2.47. The molecule has 1 aliphatic heterocycles. The van der Waals surface area contributed by atoms with Gasteiger partial charge in [0.05, 0.1) is 13.2 Å². The van der Waals surface area contributed by atoms with Crippen molar-refractivity contribution >= 4 is 11.9 Å². The van der Waals surface area contributed by atoms with Crippen LogP contribution in [0.1, 0.15) is 37.8 Å². The number of esters is 1. The molecule has 0 radical (unpaired) electrons. The summed E-state index contributed by atoms with van der Waals surface area (Å²) >= 11 is 0. The van der Waals surface area contributed by atoms with Gasteiger partial charge in [-0.25, -0.2) is 0 Å². The summed E-state index contributed by atoms with van der Waals surface area (Å²) in [5.41, 5.74) is 1.19. The summed E-state index contributed by atoms with van der Waals surface area (Å²) < 4.78 is 4.58. The van der Waals surface area contributed by atoms with Gasteiger partial charge in [-0.15, -0.1) is 0 Å². The predicted molar refractivity (Wildman–Crippen MR) is 75.9 cm³/mol. The van der Waals surface area contributed by atoms with Gasteiger partial charge in [-0.05, 0) is 17.9 Å². The molecule has 4 nitrogen and oxygen atoms in total. The van der Waals surface area contributed by atoms with E-state index in [0.717, 1.165) is 6.54 Å². The smallest absolute Gasteiger partial charge is 0.305 e. The first-order valence-corrected chi connectivity index (χ1v) is 7.04. The second-order valence-corrected chi connectivity index (χ2v) is 5.31. The molecule has 2 atom stereocenters. The van der Waals surface area contributed by atoms with Crippen LogP contribution >= 0.6 is 0 Å². The molecule has 1 fully saturated rings. The molecule has 1 aliphatic rings. The van der Waals surface area contributed by atoms with Crippen LogP contribution in [-0.4, -0.2) is 30.4 Å². The third-order valence-electron chi connectivity index (χ3n) is 3.82. The van der Waals surface area contributed by atoms with E-state index in [1.54, 1.807) is 0 Å². The molecule has 1 aromatic carbocycles. The zero-order valence-corrected chi connectivity index (χ0v) is 12.0. The fourth-order valence-electron chi connectivity index (χ4n) is 2.74. The standard InChI is InChI=1S/C16H21NO3/c1-12-11-17(14(18)9-6-10-15(19)20-2)16(12)13-7-4-3-5-8-13/h3-5,7-8,12,16H,6,9-11H2,1-2H3/t12-,16+/m1/s1. The Morgan fingerprint density at radius 2 is 1.95 bits per heavy atom. The third-order valence-corrected chi connectivity index (χ3v) is 3.82. The maximum absolute atomic E-state index is 12.2. The van der Waals surface area contributed by atoms with Gasteiger partial charge in [-0.2, -0.15) is 0 Å². The van der Waals surface area contributed by atoms with Crippen LogP contribution in [0.25, 0.3) is 0 Å². The van der Waals surface area contributed by atoms with E-state index in [2.05, 4.69) is 23.8 Å². The Balaban J connectivity index is 1.89. The fourth-order valence-corrected chi connectivity index (χ4v) is 2.74. The Labute approximate surface area is 119 Å². The van der Waals surface area contributed by atoms with E-state index in [4.69, 9.17) is 0 Å². The maximum atomic E-state index is 12.2. The molecule has 0 saturated carbocycles. The molecule has 20 heavy (non-hydrogen) atoms. The van der Waals surface area contributed by atoms with E-state index in [-0.39, 0.29) is 17.9 Å². The second-order valence-electron chi connectivity index (χ2n) is 5.31. The normalized spacial score (nSPS) is 21.2. The first kappa shape index (κ1) is 14.6. The van der Waals surface area contributed by atoms with E-state index in [0.29, 0.717) is 25.2 Å². The molecule has 4 heteroatoms. The van der Waals surface area contributed by atoms with Crippen molar-refractivity contribution in [3.63, 3.8) is 0 Å². The summed E-state index contributed by atoms with van der Waals surface area (Å²) in [5, 5.41) is 0. The summed E-state index contributed by atoms with van der Waals surface area (Å²) in [6, 6.07) is 10.3. The molecule has 0 unspecified atom stereocenters. The Kier molecular flexibility index (Phi) is 4.77. The monoisotopic (exact) mass is 275 g/mol. The molecular formula is C16H21NO3. The van der Waals surface area contributed by atoms with Gasteiger partial charge in [0.15, 0.2) is 0 Å². The van der Waals surface area contributed by atoms with Crippen molar-refractivity contribution in [2.75, 3.05) is 13.7 Å². The van der Waals surface area contributed by atoms with Crippen molar-refractivity contribution in [2.45, 2.75) is 32.2 Å². The van der Waals surface area contributed by atoms with Gasteiger partial charge >= 0.3 is 5.97 Å². The molecule has 0 bridgehead atoms. The fraction of sp³-hybridized carbons (Fsp3) is 0.500. The number of amides is 1. The lowest BCUT2D eigenvalue weighted by atomic mass is 9.84. The first-order valence-electron chi connectivity index (χ1n) is 7.04. The van der Waals surface area contributed by atoms with Crippen molar-refractivity contribution in [1.29, 1.82) is 0 Å². The van der Waals surface area contributed by atoms with Crippen molar-refractivity contribution in [1.82, 2.24) is 4.90 Å². The van der Waals surface area contributed by atoms with Gasteiger partial charge in [0, 0.05) is 19.4 Å². The highest BCUT2D eigenvalue weighted by molar-refractivity contribution is 5.78. The predicted octanol–water partition coefficient (Wildman–Crippen LogP) is 2.55. The van der Waals surface area contributed by atoms with Crippen LogP contribution in [-0.2, 0) is 14.3 Å². The molecule has 0 aliphatic carbocycles. The number of rotatable bonds is 5. The zero-order valence-electron chi connectivity index (χ0n) is 12.0. The van der Waals surface area contributed by atoms with Gasteiger partial charge in [0.25, 0.3) is 0 Å². The first-order chi connectivity index (χ1) is 9.63. The Morgan fingerprint density at radius 3 is 2.55 bits per heavy atom. The lowest BCUT2D eigenvalue weighted by molar-refractivity contribution is -0.144. The Morgan fingerprint density at radius 1 is 1.25 bits per heavy atom. The summed E-state index contributed by atoms with van der Waals surface area (Å²) in [6.07, 6.45) is 1.27. The number of hydrogen-bond donors (Lipinski definition) is 0.